The molecule has 0 unspecified atom stereocenters. The zero-order valence-electron chi connectivity index (χ0n) is 11.4. The Hall–Kier alpha value is -1.04. The van der Waals surface area contributed by atoms with Crippen molar-refractivity contribution >= 4 is 80.8 Å². The molecule has 0 bridgehead atoms. The fourth-order valence-corrected chi connectivity index (χ4v) is 3.83. The Balaban J connectivity index is 1.96. The van der Waals surface area contributed by atoms with Gasteiger partial charge >= 0.3 is 0 Å². The van der Waals surface area contributed by atoms with Gasteiger partial charge in [-0.25, -0.2) is 0 Å². The highest BCUT2D eigenvalue weighted by molar-refractivity contribution is 8.27. The molecular weight excluding hydrogens is 393 g/mol. The summed E-state index contributed by atoms with van der Waals surface area (Å²) in [7, 11) is 0. The number of thioether (sulfide) groups is 1. The highest BCUT2D eigenvalue weighted by Gasteiger charge is 2.33. The first kappa shape index (κ1) is 16.8. The molecule has 0 radical (unpaired) electrons. The molecule has 0 spiro atoms. The van der Waals surface area contributed by atoms with E-state index in [1.807, 2.05) is 0 Å². The van der Waals surface area contributed by atoms with Crippen LogP contribution in [0.1, 0.15) is 5.56 Å². The van der Waals surface area contributed by atoms with E-state index in [2.05, 4.69) is 0 Å². The van der Waals surface area contributed by atoms with Crippen LogP contribution < -0.4 is 4.90 Å². The molecule has 0 N–H and O–H groups in total. The number of rotatable bonds is 2. The number of thiocarbonyl (C=S) groups is 1. The van der Waals surface area contributed by atoms with Crippen LogP contribution in [0.2, 0.25) is 15.1 Å². The van der Waals surface area contributed by atoms with Gasteiger partial charge in [0, 0.05) is 5.02 Å². The number of anilines is 1. The summed E-state index contributed by atoms with van der Waals surface area (Å²) in [5.41, 5.74) is 1.35. The van der Waals surface area contributed by atoms with Crippen molar-refractivity contribution in [2.75, 3.05) is 4.90 Å². The number of carbonyl (C=O) groups excluding carboxylic acids is 1. The van der Waals surface area contributed by atoms with E-state index in [1.54, 1.807) is 48.5 Å². The Morgan fingerprint density at radius 3 is 2.43 bits per heavy atom. The van der Waals surface area contributed by atoms with Gasteiger partial charge in [-0.2, -0.15) is 0 Å². The minimum absolute atomic E-state index is 0.196. The zero-order valence-corrected chi connectivity index (χ0v) is 15.3. The van der Waals surface area contributed by atoms with Crippen molar-refractivity contribution in [2.45, 2.75) is 0 Å². The number of hydrogen-bond donors (Lipinski definition) is 0. The lowest BCUT2D eigenvalue weighted by Gasteiger charge is -2.14. The molecule has 1 aliphatic rings. The van der Waals surface area contributed by atoms with Crippen LogP contribution in [0, 0.1) is 0 Å². The SMILES string of the molecule is O=C1/C(=C\c2cccc(Cl)c2Cl)SC(=S)N1c1ccc(Cl)cc1. The second kappa shape index (κ2) is 6.83. The largest absolute Gasteiger partial charge is 0.270 e. The molecule has 0 atom stereocenters. The van der Waals surface area contributed by atoms with Gasteiger partial charge in [0.25, 0.3) is 5.91 Å². The minimum atomic E-state index is -0.196. The van der Waals surface area contributed by atoms with Crippen LogP contribution in [0.4, 0.5) is 5.69 Å². The first-order valence-electron chi connectivity index (χ1n) is 6.45. The van der Waals surface area contributed by atoms with Crippen LogP contribution >= 0.6 is 58.8 Å². The number of carbonyl (C=O) groups is 1. The average Bonchev–Trinajstić information content (AvgIpc) is 2.79. The van der Waals surface area contributed by atoms with Crippen LogP contribution in [0.15, 0.2) is 47.4 Å². The molecule has 7 heteroatoms. The van der Waals surface area contributed by atoms with Crippen molar-refractivity contribution in [3.63, 3.8) is 0 Å². The van der Waals surface area contributed by atoms with Crippen LogP contribution in [-0.4, -0.2) is 10.2 Å². The van der Waals surface area contributed by atoms with Crippen molar-refractivity contribution in [1.82, 2.24) is 0 Å². The molecule has 1 saturated heterocycles. The van der Waals surface area contributed by atoms with E-state index >= 15 is 0 Å². The van der Waals surface area contributed by atoms with Crippen molar-refractivity contribution < 1.29 is 4.79 Å². The van der Waals surface area contributed by atoms with E-state index in [1.165, 1.54) is 16.7 Å². The molecule has 1 aliphatic heterocycles. The van der Waals surface area contributed by atoms with Crippen LogP contribution in [-0.2, 0) is 4.79 Å². The summed E-state index contributed by atoms with van der Waals surface area (Å²) < 4.78 is 0.460. The van der Waals surface area contributed by atoms with Gasteiger partial charge in [0.1, 0.15) is 0 Å². The number of amides is 1. The number of halogens is 3. The maximum absolute atomic E-state index is 12.6. The molecule has 1 heterocycles. The van der Waals surface area contributed by atoms with Gasteiger partial charge in [-0.1, -0.05) is 70.9 Å². The highest BCUT2D eigenvalue weighted by Crippen LogP contribution is 2.37. The van der Waals surface area contributed by atoms with Crippen LogP contribution in [0.25, 0.3) is 6.08 Å². The summed E-state index contributed by atoms with van der Waals surface area (Å²) in [6, 6.07) is 12.2. The summed E-state index contributed by atoms with van der Waals surface area (Å²) in [6.07, 6.45) is 1.70. The predicted octanol–water partition coefficient (Wildman–Crippen LogP) is 6.05. The number of hydrogen-bond acceptors (Lipinski definition) is 3. The maximum Gasteiger partial charge on any atom is 0.270 e. The van der Waals surface area contributed by atoms with E-state index in [-0.39, 0.29) is 5.91 Å². The van der Waals surface area contributed by atoms with Gasteiger partial charge in [0.05, 0.1) is 20.6 Å². The molecule has 1 amide bonds. The third-order valence-corrected chi connectivity index (χ3v) is 5.53. The van der Waals surface area contributed by atoms with Crippen molar-refractivity contribution in [3.05, 3.63) is 68.0 Å². The standard InChI is InChI=1S/C16H8Cl3NOS2/c17-10-4-6-11(7-5-10)20-15(21)13(23-16(20)22)8-9-2-1-3-12(18)14(9)19/h1-8H/b13-8+. The molecule has 0 saturated carbocycles. The van der Waals surface area contributed by atoms with Gasteiger partial charge in [-0.15, -0.1) is 0 Å². The summed E-state index contributed by atoms with van der Waals surface area (Å²) >= 11 is 24.6. The first-order valence-corrected chi connectivity index (χ1v) is 8.81. The molecule has 23 heavy (non-hydrogen) atoms. The zero-order chi connectivity index (χ0) is 16.6. The van der Waals surface area contributed by atoms with Gasteiger partial charge in [-0.3, -0.25) is 9.69 Å². The smallest absolute Gasteiger partial charge is 0.268 e. The van der Waals surface area contributed by atoms with E-state index in [0.29, 0.717) is 35.5 Å². The Kier molecular flexibility index (Phi) is 4.99. The van der Waals surface area contributed by atoms with Crippen LogP contribution in [0.5, 0.6) is 0 Å². The topological polar surface area (TPSA) is 20.3 Å². The van der Waals surface area contributed by atoms with Gasteiger partial charge in [-0.05, 0) is 42.0 Å². The summed E-state index contributed by atoms with van der Waals surface area (Å²) in [4.78, 5) is 14.6. The van der Waals surface area contributed by atoms with Crippen molar-refractivity contribution in [3.8, 4) is 0 Å². The fourth-order valence-electron chi connectivity index (χ4n) is 2.05. The van der Waals surface area contributed by atoms with Crippen molar-refractivity contribution in [2.24, 2.45) is 0 Å². The Morgan fingerprint density at radius 1 is 1.04 bits per heavy atom. The predicted molar refractivity (Wildman–Crippen MR) is 104 cm³/mol. The van der Waals surface area contributed by atoms with Crippen LogP contribution in [0.3, 0.4) is 0 Å². The second-order valence-corrected chi connectivity index (χ2v) is 7.53. The third-order valence-electron chi connectivity index (χ3n) is 3.15. The molecule has 3 rings (SSSR count). The first-order chi connectivity index (χ1) is 11.0. The minimum Gasteiger partial charge on any atom is -0.268 e. The highest BCUT2D eigenvalue weighted by atomic mass is 35.5. The van der Waals surface area contributed by atoms with Gasteiger partial charge in [0.15, 0.2) is 4.32 Å². The lowest BCUT2D eigenvalue weighted by molar-refractivity contribution is -0.113. The van der Waals surface area contributed by atoms with E-state index < -0.39 is 0 Å². The molecule has 2 aromatic rings. The molecule has 0 aromatic heterocycles. The summed E-state index contributed by atoms with van der Waals surface area (Å²) in [5.74, 6) is -0.196. The molecule has 2 aromatic carbocycles. The Morgan fingerprint density at radius 2 is 1.74 bits per heavy atom. The quantitative estimate of drug-likeness (QED) is 0.452. The molecular formula is C16H8Cl3NOS2. The Labute approximate surface area is 158 Å². The van der Waals surface area contributed by atoms with Gasteiger partial charge in [0.2, 0.25) is 0 Å². The van der Waals surface area contributed by atoms with E-state index in [4.69, 9.17) is 47.0 Å². The summed E-state index contributed by atoms with van der Waals surface area (Å²) in [6.45, 7) is 0. The lowest BCUT2D eigenvalue weighted by Crippen LogP contribution is -2.27. The second-order valence-electron chi connectivity index (χ2n) is 4.64. The monoisotopic (exact) mass is 399 g/mol. The maximum atomic E-state index is 12.6. The Bertz CT molecular complexity index is 834. The normalized spacial score (nSPS) is 16.5. The molecule has 2 nitrogen and oxygen atoms in total. The summed E-state index contributed by atoms with van der Waals surface area (Å²) in [5, 5.41) is 1.44. The van der Waals surface area contributed by atoms with Gasteiger partial charge < -0.3 is 0 Å². The molecule has 0 aliphatic carbocycles. The van der Waals surface area contributed by atoms with E-state index in [0.717, 1.165) is 0 Å². The van der Waals surface area contributed by atoms with Crippen molar-refractivity contribution in [1.29, 1.82) is 0 Å². The molecule has 1 fully saturated rings. The lowest BCUT2D eigenvalue weighted by atomic mass is 10.2. The number of nitrogens with zero attached hydrogens (tertiary/aromatic N) is 1. The average molecular weight is 401 g/mol. The third kappa shape index (κ3) is 3.42. The van der Waals surface area contributed by atoms with E-state index in [9.17, 15) is 4.79 Å². The fraction of sp³-hybridized carbons (Fsp3) is 0. The molecule has 116 valence electrons. The number of benzene rings is 2.